The second-order valence-corrected chi connectivity index (χ2v) is 5.56. The molecule has 1 aliphatic rings. The minimum absolute atomic E-state index is 0.672. The minimum Gasteiger partial charge on any atom is -0.383 e. The Morgan fingerprint density at radius 2 is 1.68 bits per heavy atom. The second-order valence-electron chi connectivity index (χ2n) is 4.81. The van der Waals surface area contributed by atoms with Gasteiger partial charge in [0, 0.05) is 37.4 Å². The fourth-order valence-corrected chi connectivity index (χ4v) is 3.30. The van der Waals surface area contributed by atoms with E-state index in [4.69, 9.17) is 5.73 Å². The van der Waals surface area contributed by atoms with Crippen molar-refractivity contribution >= 4 is 28.0 Å². The van der Waals surface area contributed by atoms with Gasteiger partial charge in [0.05, 0.1) is 0 Å². The molecule has 5 heteroatoms. The molecule has 0 spiro atoms. The van der Waals surface area contributed by atoms with E-state index in [0.29, 0.717) is 5.82 Å². The van der Waals surface area contributed by atoms with E-state index in [1.54, 1.807) is 0 Å². The summed E-state index contributed by atoms with van der Waals surface area (Å²) in [7, 11) is 0. The lowest BCUT2D eigenvalue weighted by Gasteiger charge is -2.36. The van der Waals surface area contributed by atoms with Crippen molar-refractivity contribution in [1.29, 1.82) is 0 Å². The number of nitrogens with two attached hydrogens (primary N) is 1. The molecule has 0 saturated carbocycles. The van der Waals surface area contributed by atoms with E-state index in [0.717, 1.165) is 31.7 Å². The van der Waals surface area contributed by atoms with Crippen LogP contribution in [0.2, 0.25) is 0 Å². The van der Waals surface area contributed by atoms with Crippen molar-refractivity contribution in [3.63, 3.8) is 0 Å². The molecule has 0 amide bonds. The fourth-order valence-electron chi connectivity index (χ4n) is 2.44. The van der Waals surface area contributed by atoms with Crippen LogP contribution in [0.5, 0.6) is 0 Å². The maximum absolute atomic E-state index is 5.83. The third kappa shape index (κ3) is 2.38. The molecule has 100 valence electrons. The van der Waals surface area contributed by atoms with E-state index < -0.39 is 0 Å². The lowest BCUT2D eigenvalue weighted by atomic mass is 10.2. The van der Waals surface area contributed by atoms with Crippen LogP contribution in [0.15, 0.2) is 30.3 Å². The maximum atomic E-state index is 5.83. The lowest BCUT2D eigenvalue weighted by molar-refractivity contribution is 0.656. The van der Waals surface area contributed by atoms with Crippen molar-refractivity contribution in [3.05, 3.63) is 35.9 Å². The van der Waals surface area contributed by atoms with E-state index in [1.165, 1.54) is 22.2 Å². The molecule has 1 fully saturated rings. The molecule has 2 heterocycles. The molecule has 0 bridgehead atoms. The smallest absolute Gasteiger partial charge is 0.142 e. The van der Waals surface area contributed by atoms with E-state index in [2.05, 4.69) is 51.4 Å². The number of aromatic nitrogens is 1. The van der Waals surface area contributed by atoms with Gasteiger partial charge in [-0.25, -0.2) is 0 Å². The summed E-state index contributed by atoms with van der Waals surface area (Å²) >= 11 is 1.51. The average Bonchev–Trinajstić information content (AvgIpc) is 2.80. The van der Waals surface area contributed by atoms with Crippen LogP contribution in [-0.4, -0.2) is 30.6 Å². The summed E-state index contributed by atoms with van der Waals surface area (Å²) in [5.74, 6) is 0.672. The lowest BCUT2D eigenvalue weighted by Crippen LogP contribution is -2.46. The Labute approximate surface area is 117 Å². The molecule has 1 aliphatic heterocycles. The van der Waals surface area contributed by atoms with Gasteiger partial charge in [-0.3, -0.25) is 0 Å². The summed E-state index contributed by atoms with van der Waals surface area (Å²) in [5, 5.41) is 1.23. The average molecular weight is 274 g/mol. The van der Waals surface area contributed by atoms with Crippen LogP contribution in [-0.2, 0) is 0 Å². The number of nitrogens with zero attached hydrogens (tertiary/aromatic N) is 3. The van der Waals surface area contributed by atoms with Gasteiger partial charge in [0.1, 0.15) is 10.8 Å². The van der Waals surface area contributed by atoms with Gasteiger partial charge < -0.3 is 15.5 Å². The first-order valence-corrected chi connectivity index (χ1v) is 7.30. The van der Waals surface area contributed by atoms with Crippen molar-refractivity contribution in [3.8, 4) is 0 Å². The monoisotopic (exact) mass is 274 g/mol. The zero-order chi connectivity index (χ0) is 13.2. The Balaban J connectivity index is 1.68. The Morgan fingerprint density at radius 1 is 1.05 bits per heavy atom. The van der Waals surface area contributed by atoms with Crippen molar-refractivity contribution in [2.45, 2.75) is 6.92 Å². The fraction of sp³-hybridized carbons (Fsp3) is 0.357. The Morgan fingerprint density at radius 3 is 2.26 bits per heavy atom. The summed E-state index contributed by atoms with van der Waals surface area (Å²) in [6.45, 7) is 6.19. The largest absolute Gasteiger partial charge is 0.383 e. The quantitative estimate of drug-likeness (QED) is 0.913. The van der Waals surface area contributed by atoms with Crippen LogP contribution in [0.25, 0.3) is 0 Å². The Kier molecular flexibility index (Phi) is 3.29. The summed E-state index contributed by atoms with van der Waals surface area (Å²) in [5.41, 5.74) is 8.26. The van der Waals surface area contributed by atoms with Gasteiger partial charge in [0.2, 0.25) is 0 Å². The van der Waals surface area contributed by atoms with Gasteiger partial charge in [-0.15, -0.1) is 0 Å². The number of piperazine rings is 1. The van der Waals surface area contributed by atoms with Gasteiger partial charge >= 0.3 is 0 Å². The predicted molar refractivity (Wildman–Crippen MR) is 82.1 cm³/mol. The third-order valence-corrected chi connectivity index (χ3v) is 4.65. The van der Waals surface area contributed by atoms with Crippen molar-refractivity contribution in [2.24, 2.45) is 0 Å². The molecule has 0 radical (unpaired) electrons. The molecule has 2 aromatic rings. The van der Waals surface area contributed by atoms with Gasteiger partial charge in [-0.05, 0) is 30.6 Å². The minimum atomic E-state index is 0.672. The Hall–Kier alpha value is -1.75. The first-order chi connectivity index (χ1) is 9.25. The summed E-state index contributed by atoms with van der Waals surface area (Å²) in [6.07, 6.45) is 0. The third-order valence-electron chi connectivity index (χ3n) is 3.62. The van der Waals surface area contributed by atoms with E-state index in [1.807, 2.05) is 0 Å². The van der Waals surface area contributed by atoms with E-state index in [-0.39, 0.29) is 0 Å². The van der Waals surface area contributed by atoms with Crippen LogP contribution in [0.4, 0.5) is 16.5 Å². The van der Waals surface area contributed by atoms with Crippen LogP contribution in [0.3, 0.4) is 0 Å². The highest BCUT2D eigenvalue weighted by Gasteiger charge is 2.20. The number of anilines is 3. The molecule has 2 N–H and O–H groups in total. The molecular formula is C14H18N4S. The molecule has 1 aromatic heterocycles. The first-order valence-electron chi connectivity index (χ1n) is 6.52. The molecule has 0 atom stereocenters. The Bertz CT molecular complexity index is 544. The molecular weight excluding hydrogens is 256 g/mol. The molecule has 1 saturated heterocycles. The second kappa shape index (κ2) is 5.09. The van der Waals surface area contributed by atoms with Crippen molar-refractivity contribution in [2.75, 3.05) is 41.7 Å². The van der Waals surface area contributed by atoms with Crippen LogP contribution < -0.4 is 15.5 Å². The summed E-state index contributed by atoms with van der Waals surface area (Å²) in [6, 6.07) is 10.6. The topological polar surface area (TPSA) is 45.4 Å². The first kappa shape index (κ1) is 12.3. The van der Waals surface area contributed by atoms with E-state index in [9.17, 15) is 0 Å². The SMILES string of the molecule is Cc1c(N)nsc1N1CCN(c2ccccc2)CC1. The zero-order valence-corrected chi connectivity index (χ0v) is 11.9. The molecule has 0 unspecified atom stereocenters. The van der Waals surface area contributed by atoms with Crippen molar-refractivity contribution in [1.82, 2.24) is 4.37 Å². The molecule has 0 aliphatic carbocycles. The van der Waals surface area contributed by atoms with Gasteiger partial charge in [0.25, 0.3) is 0 Å². The maximum Gasteiger partial charge on any atom is 0.142 e. The molecule has 3 rings (SSSR count). The highest BCUT2D eigenvalue weighted by Crippen LogP contribution is 2.30. The molecule has 4 nitrogen and oxygen atoms in total. The van der Waals surface area contributed by atoms with Crippen LogP contribution in [0.1, 0.15) is 5.56 Å². The number of nitrogen functional groups attached to an aromatic ring is 1. The summed E-state index contributed by atoms with van der Waals surface area (Å²) < 4.78 is 4.23. The number of hydrogen-bond donors (Lipinski definition) is 1. The van der Waals surface area contributed by atoms with Crippen LogP contribution >= 0.6 is 11.5 Å². The van der Waals surface area contributed by atoms with Crippen molar-refractivity contribution < 1.29 is 0 Å². The van der Waals surface area contributed by atoms with E-state index >= 15 is 0 Å². The molecule has 1 aromatic carbocycles. The van der Waals surface area contributed by atoms with Gasteiger partial charge in [0.15, 0.2) is 0 Å². The highest BCUT2D eigenvalue weighted by atomic mass is 32.1. The van der Waals surface area contributed by atoms with Crippen LogP contribution in [0, 0.1) is 6.92 Å². The van der Waals surface area contributed by atoms with Gasteiger partial charge in [-0.2, -0.15) is 4.37 Å². The number of benzene rings is 1. The van der Waals surface area contributed by atoms with Gasteiger partial charge in [-0.1, -0.05) is 18.2 Å². The number of hydrogen-bond acceptors (Lipinski definition) is 5. The zero-order valence-electron chi connectivity index (χ0n) is 11.0. The number of para-hydroxylation sites is 1. The predicted octanol–water partition coefficient (Wildman–Crippen LogP) is 2.36. The number of rotatable bonds is 2. The standard InChI is InChI=1S/C14H18N4S/c1-11-13(15)16-19-14(11)18-9-7-17(8-10-18)12-5-3-2-4-6-12/h2-6H,7-10H2,1H3,(H2,15,16). The normalized spacial score (nSPS) is 15.8. The summed E-state index contributed by atoms with van der Waals surface area (Å²) in [4.78, 5) is 4.82. The molecule has 19 heavy (non-hydrogen) atoms. The highest BCUT2D eigenvalue weighted by molar-refractivity contribution is 7.10.